The van der Waals surface area contributed by atoms with Crippen molar-refractivity contribution in [1.82, 2.24) is 14.4 Å². The number of hydrogen-bond acceptors (Lipinski definition) is 5. The lowest BCUT2D eigenvalue weighted by Gasteiger charge is -2.34. The molecule has 0 radical (unpaired) electrons. The van der Waals surface area contributed by atoms with E-state index >= 15 is 0 Å². The number of carbonyl (C=O) groups is 1. The predicted octanol–water partition coefficient (Wildman–Crippen LogP) is 2.24. The summed E-state index contributed by atoms with van der Waals surface area (Å²) in [5.41, 5.74) is 3.47. The molecule has 1 aromatic heterocycles. The normalized spacial score (nSPS) is 17.5. The zero-order valence-corrected chi connectivity index (χ0v) is 17.2. The van der Waals surface area contributed by atoms with Crippen molar-refractivity contribution >= 4 is 16.8 Å². The third-order valence-electron chi connectivity index (χ3n) is 6.54. The van der Waals surface area contributed by atoms with Crippen LogP contribution < -0.4 is 14.9 Å². The standard InChI is InChI=1S/C24H23N3O4/c28-23-18-3-1-2-17-6-7-27(22(17)18)14-19(23)24(29)26-10-8-25(9-11-26)13-16-4-5-20-21(12-16)31-15-30-20/h1-5,12,14H,6-11,13,15H2. The van der Waals surface area contributed by atoms with Gasteiger partial charge >= 0.3 is 0 Å². The van der Waals surface area contributed by atoms with Gasteiger partial charge in [0.2, 0.25) is 12.2 Å². The van der Waals surface area contributed by atoms with Gasteiger partial charge in [0, 0.05) is 50.9 Å². The first-order chi connectivity index (χ1) is 15.2. The SMILES string of the molecule is O=C(c1cn2c3c(cccc3c1=O)CC2)N1CCN(Cc2ccc3c(c2)OCO3)CC1. The predicted molar refractivity (Wildman–Crippen MR) is 116 cm³/mol. The summed E-state index contributed by atoms with van der Waals surface area (Å²) in [6.45, 7) is 4.65. The molecule has 1 fully saturated rings. The first-order valence-corrected chi connectivity index (χ1v) is 10.7. The molecule has 7 nitrogen and oxygen atoms in total. The van der Waals surface area contributed by atoms with E-state index in [1.54, 1.807) is 6.20 Å². The third-order valence-corrected chi connectivity index (χ3v) is 6.54. The summed E-state index contributed by atoms with van der Waals surface area (Å²) < 4.78 is 12.9. The fourth-order valence-electron chi connectivity index (χ4n) is 4.89. The number of aromatic nitrogens is 1. The van der Waals surface area contributed by atoms with Gasteiger partial charge in [0.15, 0.2) is 11.5 Å². The summed E-state index contributed by atoms with van der Waals surface area (Å²) in [5, 5.41) is 0.655. The highest BCUT2D eigenvalue weighted by atomic mass is 16.7. The lowest BCUT2D eigenvalue weighted by atomic mass is 10.1. The van der Waals surface area contributed by atoms with E-state index < -0.39 is 0 Å². The number of pyridine rings is 1. The number of ether oxygens (including phenoxy) is 2. The zero-order chi connectivity index (χ0) is 20.9. The van der Waals surface area contributed by atoms with Gasteiger partial charge in [0.1, 0.15) is 5.56 Å². The van der Waals surface area contributed by atoms with Crippen LogP contribution in [0, 0.1) is 0 Å². The Kier molecular flexibility index (Phi) is 4.24. The summed E-state index contributed by atoms with van der Waals surface area (Å²) in [6, 6.07) is 11.8. The number of rotatable bonds is 3. The third kappa shape index (κ3) is 3.08. The van der Waals surface area contributed by atoms with Crippen molar-refractivity contribution in [2.45, 2.75) is 19.5 Å². The Hall–Kier alpha value is -3.32. The number of benzene rings is 2. The van der Waals surface area contributed by atoms with Crippen LogP contribution in [-0.4, -0.2) is 53.2 Å². The molecule has 1 saturated heterocycles. The molecular formula is C24H23N3O4. The Morgan fingerprint density at radius 3 is 2.68 bits per heavy atom. The van der Waals surface area contributed by atoms with Gasteiger partial charge in [-0.2, -0.15) is 0 Å². The molecule has 0 saturated carbocycles. The number of carbonyl (C=O) groups excluding carboxylic acids is 1. The monoisotopic (exact) mass is 417 g/mol. The molecular weight excluding hydrogens is 394 g/mol. The summed E-state index contributed by atoms with van der Waals surface area (Å²) in [6.07, 6.45) is 2.68. The van der Waals surface area contributed by atoms with E-state index in [0.717, 1.165) is 55.2 Å². The average molecular weight is 417 g/mol. The number of hydrogen-bond donors (Lipinski definition) is 0. The molecule has 3 aliphatic rings. The van der Waals surface area contributed by atoms with Crippen LogP contribution in [0.3, 0.4) is 0 Å². The number of piperazine rings is 1. The highest BCUT2D eigenvalue weighted by Gasteiger charge is 2.27. The van der Waals surface area contributed by atoms with Gasteiger partial charge < -0.3 is 18.9 Å². The molecule has 0 unspecified atom stereocenters. The molecule has 7 heteroatoms. The molecule has 31 heavy (non-hydrogen) atoms. The maximum Gasteiger partial charge on any atom is 0.259 e. The lowest BCUT2D eigenvalue weighted by molar-refractivity contribution is 0.0626. The van der Waals surface area contributed by atoms with Crippen molar-refractivity contribution in [3.63, 3.8) is 0 Å². The van der Waals surface area contributed by atoms with Gasteiger partial charge in [0.25, 0.3) is 5.91 Å². The summed E-state index contributed by atoms with van der Waals surface area (Å²) in [7, 11) is 0. The summed E-state index contributed by atoms with van der Waals surface area (Å²) >= 11 is 0. The Labute approximate surface area is 179 Å². The van der Waals surface area contributed by atoms with Crippen molar-refractivity contribution in [1.29, 1.82) is 0 Å². The Bertz CT molecular complexity index is 1260. The molecule has 1 amide bonds. The number of amides is 1. The second-order valence-corrected chi connectivity index (χ2v) is 8.38. The van der Waals surface area contributed by atoms with Crippen molar-refractivity contribution in [3.05, 3.63) is 69.5 Å². The summed E-state index contributed by atoms with van der Waals surface area (Å²) in [4.78, 5) is 30.4. The first kappa shape index (κ1) is 18.4. The minimum Gasteiger partial charge on any atom is -0.454 e. The smallest absolute Gasteiger partial charge is 0.259 e. The van der Waals surface area contributed by atoms with Crippen LogP contribution in [0.5, 0.6) is 11.5 Å². The van der Waals surface area contributed by atoms with Gasteiger partial charge in [-0.05, 0) is 35.7 Å². The number of para-hydroxylation sites is 1. The Balaban J connectivity index is 1.17. The van der Waals surface area contributed by atoms with Crippen molar-refractivity contribution < 1.29 is 14.3 Å². The molecule has 0 aliphatic carbocycles. The zero-order valence-electron chi connectivity index (χ0n) is 17.2. The average Bonchev–Trinajstić information content (AvgIpc) is 3.43. The van der Waals surface area contributed by atoms with Crippen LogP contribution in [0.15, 0.2) is 47.4 Å². The van der Waals surface area contributed by atoms with E-state index in [0.29, 0.717) is 18.5 Å². The van der Waals surface area contributed by atoms with E-state index in [9.17, 15) is 9.59 Å². The maximum absolute atomic E-state index is 13.2. The van der Waals surface area contributed by atoms with Crippen LogP contribution in [0.4, 0.5) is 0 Å². The molecule has 0 N–H and O–H groups in total. The number of fused-ring (bicyclic) bond motifs is 1. The molecule has 3 aromatic rings. The highest BCUT2D eigenvalue weighted by Crippen LogP contribution is 2.33. The van der Waals surface area contributed by atoms with Crippen LogP contribution in [0.2, 0.25) is 0 Å². The van der Waals surface area contributed by atoms with E-state index in [2.05, 4.69) is 21.6 Å². The summed E-state index contributed by atoms with van der Waals surface area (Å²) in [5.74, 6) is 1.42. The van der Waals surface area contributed by atoms with Gasteiger partial charge in [-0.15, -0.1) is 0 Å². The van der Waals surface area contributed by atoms with Gasteiger partial charge in [-0.3, -0.25) is 14.5 Å². The van der Waals surface area contributed by atoms with Crippen molar-refractivity contribution in [2.24, 2.45) is 0 Å². The van der Waals surface area contributed by atoms with E-state index in [1.165, 1.54) is 5.56 Å². The Morgan fingerprint density at radius 1 is 0.968 bits per heavy atom. The first-order valence-electron chi connectivity index (χ1n) is 10.7. The van der Waals surface area contributed by atoms with E-state index in [4.69, 9.17) is 9.47 Å². The van der Waals surface area contributed by atoms with Gasteiger partial charge in [-0.25, -0.2) is 0 Å². The number of aryl methyl sites for hydroxylation is 2. The fourth-order valence-corrected chi connectivity index (χ4v) is 4.89. The van der Waals surface area contributed by atoms with Crippen LogP contribution >= 0.6 is 0 Å². The largest absolute Gasteiger partial charge is 0.454 e. The van der Waals surface area contributed by atoms with Crippen LogP contribution in [0.1, 0.15) is 21.5 Å². The minimum absolute atomic E-state index is 0.150. The Morgan fingerprint density at radius 2 is 1.81 bits per heavy atom. The van der Waals surface area contributed by atoms with Crippen molar-refractivity contribution in [3.8, 4) is 11.5 Å². The van der Waals surface area contributed by atoms with E-state index in [-0.39, 0.29) is 23.7 Å². The molecule has 158 valence electrons. The molecule has 0 atom stereocenters. The molecule has 6 rings (SSSR count). The minimum atomic E-state index is -0.157. The van der Waals surface area contributed by atoms with Crippen LogP contribution in [-0.2, 0) is 19.5 Å². The maximum atomic E-state index is 13.2. The molecule has 4 heterocycles. The molecule has 3 aliphatic heterocycles. The van der Waals surface area contributed by atoms with Gasteiger partial charge in [0.05, 0.1) is 5.52 Å². The van der Waals surface area contributed by atoms with Gasteiger partial charge in [-0.1, -0.05) is 18.2 Å². The quantitative estimate of drug-likeness (QED) is 0.654. The topological polar surface area (TPSA) is 64.0 Å². The molecule has 0 bridgehead atoms. The molecule has 0 spiro atoms. The van der Waals surface area contributed by atoms with E-state index in [1.807, 2.05) is 29.2 Å². The highest BCUT2D eigenvalue weighted by molar-refractivity contribution is 5.98. The van der Waals surface area contributed by atoms with Crippen molar-refractivity contribution in [2.75, 3.05) is 33.0 Å². The second-order valence-electron chi connectivity index (χ2n) is 8.38. The lowest BCUT2D eigenvalue weighted by Crippen LogP contribution is -2.49. The molecule has 2 aromatic carbocycles. The fraction of sp³-hybridized carbons (Fsp3) is 0.333. The second kappa shape index (κ2) is 7.13. The van der Waals surface area contributed by atoms with Crippen LogP contribution in [0.25, 0.3) is 10.9 Å². The number of nitrogens with zero attached hydrogens (tertiary/aromatic N) is 3.